The highest BCUT2D eigenvalue weighted by Crippen LogP contribution is 2.25. The summed E-state index contributed by atoms with van der Waals surface area (Å²) < 4.78 is 1.68. The first-order valence-electron chi connectivity index (χ1n) is 11.1. The molecule has 3 aromatic heterocycles. The molecule has 0 bridgehead atoms. The van der Waals surface area contributed by atoms with Crippen LogP contribution in [-0.4, -0.2) is 62.9 Å². The summed E-state index contributed by atoms with van der Waals surface area (Å²) in [6.07, 6.45) is 11.0. The van der Waals surface area contributed by atoms with Crippen LogP contribution in [0.1, 0.15) is 32.1 Å². The van der Waals surface area contributed by atoms with Crippen LogP contribution in [0.4, 0.5) is 11.6 Å². The number of nitrogens with one attached hydrogen (secondary N) is 1. The van der Waals surface area contributed by atoms with Crippen molar-refractivity contribution in [1.82, 2.24) is 30.0 Å². The Labute approximate surface area is 181 Å². The molecule has 5 rings (SSSR count). The van der Waals surface area contributed by atoms with Crippen molar-refractivity contribution in [3.8, 4) is 0 Å². The van der Waals surface area contributed by atoms with Gasteiger partial charge in [0.1, 0.15) is 24.5 Å². The molecular weight excluding hydrogens is 392 g/mol. The molecule has 3 aromatic rings. The van der Waals surface area contributed by atoms with Gasteiger partial charge in [0, 0.05) is 38.4 Å². The monoisotopic (exact) mass is 420 g/mol. The molecule has 0 aromatic carbocycles. The van der Waals surface area contributed by atoms with Gasteiger partial charge in [0.05, 0.1) is 11.6 Å². The van der Waals surface area contributed by atoms with Crippen molar-refractivity contribution in [2.75, 3.05) is 36.0 Å². The van der Waals surface area contributed by atoms with Crippen molar-refractivity contribution in [2.45, 2.75) is 44.7 Å². The minimum Gasteiger partial charge on any atom is -0.353 e. The molecule has 9 heteroatoms. The van der Waals surface area contributed by atoms with Crippen LogP contribution in [0.2, 0.25) is 0 Å². The van der Waals surface area contributed by atoms with Crippen LogP contribution in [0.5, 0.6) is 0 Å². The molecule has 1 aliphatic heterocycles. The quantitative estimate of drug-likeness (QED) is 0.675. The summed E-state index contributed by atoms with van der Waals surface area (Å²) in [7, 11) is 0. The molecule has 0 spiro atoms. The van der Waals surface area contributed by atoms with Crippen molar-refractivity contribution in [3.05, 3.63) is 36.9 Å². The SMILES string of the molecule is O=C(Cn1ncc2c(N3CCN(c4ccccn4)CC3)ncnc21)NC1CCCCC1. The first-order chi connectivity index (χ1) is 15.3. The molecule has 0 atom stereocenters. The predicted octanol–water partition coefficient (Wildman–Crippen LogP) is 2.00. The first-order valence-corrected chi connectivity index (χ1v) is 11.1. The number of hydrogen-bond donors (Lipinski definition) is 1. The van der Waals surface area contributed by atoms with Crippen LogP contribution in [0.3, 0.4) is 0 Å². The normalized spacial score (nSPS) is 17.8. The van der Waals surface area contributed by atoms with Crippen LogP contribution in [0.15, 0.2) is 36.9 Å². The molecule has 1 amide bonds. The molecular formula is C22H28N8O. The minimum absolute atomic E-state index is 0.000961. The van der Waals surface area contributed by atoms with E-state index in [0.717, 1.165) is 56.0 Å². The minimum atomic E-state index is 0.000961. The highest BCUT2D eigenvalue weighted by atomic mass is 16.2. The number of hydrogen-bond acceptors (Lipinski definition) is 7. The van der Waals surface area contributed by atoms with Gasteiger partial charge >= 0.3 is 0 Å². The number of aromatic nitrogens is 5. The largest absolute Gasteiger partial charge is 0.353 e. The van der Waals surface area contributed by atoms with Crippen molar-refractivity contribution >= 4 is 28.6 Å². The molecule has 1 saturated carbocycles. The van der Waals surface area contributed by atoms with Crippen molar-refractivity contribution < 1.29 is 4.79 Å². The zero-order valence-electron chi connectivity index (χ0n) is 17.7. The lowest BCUT2D eigenvalue weighted by Gasteiger charge is -2.36. The number of anilines is 2. The Balaban J connectivity index is 1.27. The standard InChI is InChI=1S/C22H28N8O/c31-20(27-17-6-2-1-3-7-17)15-30-22-18(14-26-30)21(24-16-25-22)29-12-10-28(11-13-29)19-8-4-5-9-23-19/h4-5,8-9,14,16-17H,1-3,6-7,10-13,15H2,(H,27,31). The van der Waals surface area contributed by atoms with E-state index >= 15 is 0 Å². The fourth-order valence-corrected chi connectivity index (χ4v) is 4.59. The van der Waals surface area contributed by atoms with Crippen LogP contribution in [0.25, 0.3) is 11.0 Å². The number of nitrogens with zero attached hydrogens (tertiary/aromatic N) is 7. The lowest BCUT2D eigenvalue weighted by Crippen LogP contribution is -2.47. The Morgan fingerprint density at radius 2 is 1.81 bits per heavy atom. The Hall–Kier alpha value is -3.23. The van der Waals surface area contributed by atoms with Gasteiger partial charge in [-0.25, -0.2) is 19.6 Å². The van der Waals surface area contributed by atoms with Gasteiger partial charge < -0.3 is 15.1 Å². The van der Waals surface area contributed by atoms with E-state index < -0.39 is 0 Å². The molecule has 31 heavy (non-hydrogen) atoms. The summed E-state index contributed by atoms with van der Waals surface area (Å²) in [6, 6.07) is 6.29. The van der Waals surface area contributed by atoms with Gasteiger partial charge in [0.2, 0.25) is 5.91 Å². The number of fused-ring (bicyclic) bond motifs is 1. The van der Waals surface area contributed by atoms with Crippen molar-refractivity contribution in [3.63, 3.8) is 0 Å². The molecule has 9 nitrogen and oxygen atoms in total. The second-order valence-corrected chi connectivity index (χ2v) is 8.30. The van der Waals surface area contributed by atoms with Crippen LogP contribution in [-0.2, 0) is 11.3 Å². The van der Waals surface area contributed by atoms with Crippen LogP contribution < -0.4 is 15.1 Å². The molecule has 1 aliphatic carbocycles. The van der Waals surface area contributed by atoms with E-state index in [1.54, 1.807) is 17.2 Å². The van der Waals surface area contributed by atoms with E-state index in [-0.39, 0.29) is 12.5 Å². The summed E-state index contributed by atoms with van der Waals surface area (Å²) in [5.74, 6) is 1.89. The van der Waals surface area contributed by atoms with Gasteiger partial charge in [-0.2, -0.15) is 5.10 Å². The summed E-state index contributed by atoms with van der Waals surface area (Å²) >= 11 is 0. The van der Waals surface area contributed by atoms with Gasteiger partial charge in [0.15, 0.2) is 5.65 Å². The van der Waals surface area contributed by atoms with E-state index in [1.165, 1.54) is 19.3 Å². The Bertz CT molecular complexity index is 1020. The van der Waals surface area contributed by atoms with E-state index in [2.05, 4.69) is 35.2 Å². The number of amides is 1. The fraction of sp³-hybridized carbons (Fsp3) is 0.500. The summed E-state index contributed by atoms with van der Waals surface area (Å²) in [4.78, 5) is 30.5. The molecule has 2 aliphatic rings. The van der Waals surface area contributed by atoms with Gasteiger partial charge in [-0.15, -0.1) is 0 Å². The molecule has 4 heterocycles. The first kappa shape index (κ1) is 19.7. The predicted molar refractivity (Wildman–Crippen MR) is 119 cm³/mol. The van der Waals surface area contributed by atoms with Crippen molar-refractivity contribution in [1.29, 1.82) is 0 Å². The molecule has 0 radical (unpaired) electrons. The molecule has 2 fully saturated rings. The third-order valence-corrected chi connectivity index (χ3v) is 6.23. The van der Waals surface area contributed by atoms with E-state index in [4.69, 9.17) is 0 Å². The average molecular weight is 421 g/mol. The second kappa shape index (κ2) is 8.87. The summed E-state index contributed by atoms with van der Waals surface area (Å²) in [5, 5.41) is 8.50. The lowest BCUT2D eigenvalue weighted by molar-refractivity contribution is -0.122. The third-order valence-electron chi connectivity index (χ3n) is 6.23. The lowest BCUT2D eigenvalue weighted by atomic mass is 9.95. The fourth-order valence-electron chi connectivity index (χ4n) is 4.59. The highest BCUT2D eigenvalue weighted by molar-refractivity contribution is 5.88. The number of rotatable bonds is 5. The number of carbonyl (C=O) groups excluding carboxylic acids is 1. The number of pyridine rings is 1. The molecule has 1 saturated heterocycles. The number of carbonyl (C=O) groups is 1. The number of piperazine rings is 1. The van der Waals surface area contributed by atoms with Gasteiger partial charge in [-0.3, -0.25) is 4.79 Å². The molecule has 162 valence electrons. The molecule has 0 unspecified atom stereocenters. The third kappa shape index (κ3) is 4.30. The summed E-state index contributed by atoms with van der Waals surface area (Å²) in [6.45, 7) is 3.62. The maximum atomic E-state index is 12.5. The van der Waals surface area contributed by atoms with Gasteiger partial charge in [0.25, 0.3) is 0 Å². The smallest absolute Gasteiger partial charge is 0.242 e. The van der Waals surface area contributed by atoms with Crippen LogP contribution >= 0.6 is 0 Å². The highest BCUT2D eigenvalue weighted by Gasteiger charge is 2.23. The van der Waals surface area contributed by atoms with Crippen LogP contribution in [0, 0.1) is 0 Å². The van der Waals surface area contributed by atoms with E-state index in [1.807, 2.05) is 24.4 Å². The average Bonchev–Trinajstić information content (AvgIpc) is 3.23. The summed E-state index contributed by atoms with van der Waals surface area (Å²) in [5.41, 5.74) is 0.705. The maximum Gasteiger partial charge on any atom is 0.242 e. The van der Waals surface area contributed by atoms with E-state index in [0.29, 0.717) is 11.7 Å². The topological polar surface area (TPSA) is 92.1 Å². The molecule has 1 N–H and O–H groups in total. The maximum absolute atomic E-state index is 12.5. The second-order valence-electron chi connectivity index (χ2n) is 8.30. The van der Waals surface area contributed by atoms with Gasteiger partial charge in [-0.1, -0.05) is 25.3 Å². The Morgan fingerprint density at radius 3 is 2.58 bits per heavy atom. The Morgan fingerprint density at radius 1 is 1.00 bits per heavy atom. The van der Waals surface area contributed by atoms with Gasteiger partial charge in [-0.05, 0) is 25.0 Å². The van der Waals surface area contributed by atoms with Crippen molar-refractivity contribution in [2.24, 2.45) is 0 Å². The zero-order chi connectivity index (χ0) is 21.0. The van der Waals surface area contributed by atoms with E-state index in [9.17, 15) is 4.79 Å². The Kier molecular flexibility index (Phi) is 5.64. The zero-order valence-corrected chi connectivity index (χ0v) is 17.7.